The van der Waals surface area contributed by atoms with E-state index in [9.17, 15) is 0 Å². The van der Waals surface area contributed by atoms with Crippen LogP contribution in [-0.2, 0) is 5.41 Å². The van der Waals surface area contributed by atoms with E-state index in [1.54, 1.807) is 0 Å². The van der Waals surface area contributed by atoms with Crippen LogP contribution >= 0.6 is 0 Å². The zero-order valence-electron chi connectivity index (χ0n) is 37.6. The predicted molar refractivity (Wildman–Crippen MR) is 278 cm³/mol. The lowest BCUT2D eigenvalue weighted by atomic mass is 9.68. The fraction of sp³-hybridized carbons (Fsp3) is 0.0156. The van der Waals surface area contributed by atoms with Gasteiger partial charge in [-0.1, -0.05) is 218 Å². The molecule has 14 rings (SSSR count). The standard InChI is InChI=1S/C64H39N3O3/c1-4-18-41(19-5-1)61-65-62(42-36-34-40(35-37-42)45-28-16-29-49-47-25-13-15-32-54(47)68-58(45)49)67-63(66-61)50-26-11-10-24-46(50)48-30-17-33-55-59(48)69-56-39-38-53-57(60(56)70-55)51-27-12-14-31-52(51)64(53,43-20-6-2-7-21-43)44-22-8-3-9-23-44/h1-39H. The topological polar surface area (TPSA) is 70.3 Å². The van der Waals surface area contributed by atoms with Crippen LogP contribution in [0.15, 0.2) is 241 Å². The van der Waals surface area contributed by atoms with E-state index < -0.39 is 5.41 Å². The number of ether oxygens (including phenoxy) is 2. The van der Waals surface area contributed by atoms with E-state index in [1.165, 1.54) is 16.7 Å². The number of rotatable bonds is 7. The number of aromatic nitrogens is 3. The second kappa shape index (κ2) is 15.9. The minimum atomic E-state index is -0.567. The van der Waals surface area contributed by atoms with Gasteiger partial charge < -0.3 is 13.9 Å². The molecular weight excluding hydrogens is 859 g/mol. The van der Waals surface area contributed by atoms with Gasteiger partial charge in [0.1, 0.15) is 11.2 Å². The van der Waals surface area contributed by atoms with Crippen LogP contribution in [0.1, 0.15) is 22.3 Å². The summed E-state index contributed by atoms with van der Waals surface area (Å²) < 4.78 is 20.6. The van der Waals surface area contributed by atoms with Crippen molar-refractivity contribution in [2.24, 2.45) is 0 Å². The smallest absolute Gasteiger partial charge is 0.178 e. The predicted octanol–water partition coefficient (Wildman–Crippen LogP) is 16.4. The van der Waals surface area contributed by atoms with Gasteiger partial charge in [0.25, 0.3) is 0 Å². The maximum Gasteiger partial charge on any atom is 0.178 e. The van der Waals surface area contributed by atoms with Crippen molar-refractivity contribution in [1.82, 2.24) is 15.0 Å². The van der Waals surface area contributed by atoms with E-state index in [0.29, 0.717) is 40.5 Å². The largest absolute Gasteiger partial charge is 0.455 e. The van der Waals surface area contributed by atoms with Crippen molar-refractivity contribution in [3.8, 4) is 90.5 Å². The van der Waals surface area contributed by atoms with Gasteiger partial charge in [-0.05, 0) is 57.1 Å². The van der Waals surface area contributed by atoms with E-state index >= 15 is 0 Å². The van der Waals surface area contributed by atoms with Crippen molar-refractivity contribution < 1.29 is 13.9 Å². The molecule has 3 heterocycles. The Bertz CT molecular complexity index is 3960. The van der Waals surface area contributed by atoms with Crippen LogP contribution in [0.2, 0.25) is 0 Å². The Kier molecular flexibility index (Phi) is 9.01. The molecule has 0 atom stereocenters. The summed E-state index contributed by atoms with van der Waals surface area (Å²) in [6, 6.07) is 81.8. The molecule has 0 unspecified atom stereocenters. The fourth-order valence-electron chi connectivity index (χ4n) is 10.8. The monoisotopic (exact) mass is 897 g/mol. The van der Waals surface area contributed by atoms with Crippen LogP contribution in [0, 0.1) is 0 Å². The molecule has 6 heteroatoms. The second-order valence-electron chi connectivity index (χ2n) is 17.8. The number of benzene rings is 10. The number of hydrogen-bond acceptors (Lipinski definition) is 6. The number of para-hydroxylation sites is 3. The summed E-state index contributed by atoms with van der Waals surface area (Å²) in [5.41, 5.74) is 14.5. The van der Waals surface area contributed by atoms with Crippen molar-refractivity contribution in [2.75, 3.05) is 0 Å². The van der Waals surface area contributed by atoms with Gasteiger partial charge >= 0.3 is 0 Å². The Hall–Kier alpha value is -9.39. The van der Waals surface area contributed by atoms with E-state index in [4.69, 9.17) is 28.8 Å². The molecule has 0 fully saturated rings. The Labute approximate surface area is 403 Å². The maximum absolute atomic E-state index is 7.11. The highest BCUT2D eigenvalue weighted by Gasteiger charge is 2.48. The van der Waals surface area contributed by atoms with Crippen LogP contribution < -0.4 is 9.47 Å². The highest BCUT2D eigenvalue weighted by atomic mass is 16.6. The summed E-state index contributed by atoms with van der Waals surface area (Å²) in [6.45, 7) is 0. The van der Waals surface area contributed by atoms with E-state index in [0.717, 1.165) is 77.6 Å². The minimum absolute atomic E-state index is 0.540. The van der Waals surface area contributed by atoms with Crippen molar-refractivity contribution in [3.05, 3.63) is 259 Å². The Morgan fingerprint density at radius 1 is 0.314 bits per heavy atom. The fourth-order valence-corrected chi connectivity index (χ4v) is 10.8. The summed E-state index contributed by atoms with van der Waals surface area (Å²) in [5.74, 6) is 4.28. The van der Waals surface area contributed by atoms with Crippen LogP contribution in [0.3, 0.4) is 0 Å². The van der Waals surface area contributed by atoms with Gasteiger partial charge in [-0.3, -0.25) is 0 Å². The van der Waals surface area contributed by atoms with Gasteiger partial charge in [-0.2, -0.15) is 0 Å². The first-order valence-corrected chi connectivity index (χ1v) is 23.5. The molecular formula is C64H39N3O3. The number of nitrogens with zero attached hydrogens (tertiary/aromatic N) is 3. The SMILES string of the molecule is c1ccc(-c2nc(-c3ccc(-c4cccc5c4oc4ccccc45)cc3)nc(-c3ccccc3-c3cccc4c3Oc3ccc5c(c3O4)-c3ccccc3C5(c3ccccc3)c3ccccc3)n2)cc1. The maximum atomic E-state index is 7.11. The third kappa shape index (κ3) is 6.10. The molecule has 2 aliphatic rings. The molecule has 0 bridgehead atoms. The molecule has 0 saturated heterocycles. The lowest BCUT2D eigenvalue weighted by Crippen LogP contribution is -2.28. The first kappa shape index (κ1) is 39.7. The van der Waals surface area contributed by atoms with E-state index in [-0.39, 0.29) is 0 Å². The molecule has 0 N–H and O–H groups in total. The molecule has 0 amide bonds. The highest BCUT2D eigenvalue weighted by Crippen LogP contribution is 2.63. The molecule has 2 aromatic heterocycles. The molecule has 0 radical (unpaired) electrons. The molecule has 0 saturated carbocycles. The van der Waals surface area contributed by atoms with Gasteiger partial charge in [-0.25, -0.2) is 15.0 Å². The van der Waals surface area contributed by atoms with Crippen LogP contribution in [0.4, 0.5) is 0 Å². The van der Waals surface area contributed by atoms with Crippen molar-refractivity contribution >= 4 is 21.9 Å². The summed E-state index contributed by atoms with van der Waals surface area (Å²) in [7, 11) is 0. The van der Waals surface area contributed by atoms with Crippen molar-refractivity contribution in [2.45, 2.75) is 5.41 Å². The summed E-state index contributed by atoms with van der Waals surface area (Å²) in [6.07, 6.45) is 0. The van der Waals surface area contributed by atoms with Crippen molar-refractivity contribution in [1.29, 1.82) is 0 Å². The van der Waals surface area contributed by atoms with Crippen LogP contribution in [0.5, 0.6) is 23.0 Å². The Morgan fingerprint density at radius 3 is 1.60 bits per heavy atom. The Morgan fingerprint density at radius 2 is 0.843 bits per heavy atom. The lowest BCUT2D eigenvalue weighted by Gasteiger charge is -2.34. The van der Waals surface area contributed by atoms with Crippen molar-refractivity contribution in [3.63, 3.8) is 0 Å². The number of hydrogen-bond donors (Lipinski definition) is 0. The first-order valence-electron chi connectivity index (χ1n) is 23.5. The summed E-state index contributed by atoms with van der Waals surface area (Å²) in [4.78, 5) is 15.5. The molecule has 70 heavy (non-hydrogen) atoms. The molecule has 0 spiro atoms. The summed E-state index contributed by atoms with van der Waals surface area (Å²) >= 11 is 0. The first-order chi connectivity index (χ1) is 34.7. The van der Waals surface area contributed by atoms with Gasteiger partial charge in [0.05, 0.1) is 5.41 Å². The van der Waals surface area contributed by atoms with E-state index in [2.05, 4.69) is 164 Å². The molecule has 12 aromatic rings. The average Bonchev–Trinajstić information content (AvgIpc) is 3.98. The zero-order valence-corrected chi connectivity index (χ0v) is 37.6. The lowest BCUT2D eigenvalue weighted by molar-refractivity contribution is 0.361. The van der Waals surface area contributed by atoms with Crippen LogP contribution in [0.25, 0.3) is 89.5 Å². The molecule has 6 nitrogen and oxygen atoms in total. The van der Waals surface area contributed by atoms with Crippen LogP contribution in [-0.4, -0.2) is 15.0 Å². The second-order valence-corrected chi connectivity index (χ2v) is 17.8. The zero-order chi connectivity index (χ0) is 46.2. The third-order valence-electron chi connectivity index (χ3n) is 13.9. The minimum Gasteiger partial charge on any atom is -0.455 e. The highest BCUT2D eigenvalue weighted by molar-refractivity contribution is 6.09. The molecule has 1 aliphatic carbocycles. The molecule has 328 valence electrons. The van der Waals surface area contributed by atoms with Gasteiger partial charge in [-0.15, -0.1) is 0 Å². The Balaban J connectivity index is 0.874. The number of fused-ring (bicyclic) bond motifs is 9. The molecule has 1 aliphatic heterocycles. The van der Waals surface area contributed by atoms with E-state index in [1.807, 2.05) is 72.8 Å². The van der Waals surface area contributed by atoms with Gasteiger partial charge in [0, 0.05) is 44.2 Å². The average molecular weight is 898 g/mol. The molecule has 10 aromatic carbocycles. The quantitative estimate of drug-likeness (QED) is 0.159. The van der Waals surface area contributed by atoms with Gasteiger partial charge in [0.15, 0.2) is 40.5 Å². The summed E-state index contributed by atoms with van der Waals surface area (Å²) in [5, 5.41) is 2.19. The van der Waals surface area contributed by atoms with Gasteiger partial charge in [0.2, 0.25) is 0 Å². The normalized spacial score (nSPS) is 12.9. The number of furan rings is 1. The third-order valence-corrected chi connectivity index (χ3v) is 13.9.